The Morgan fingerprint density at radius 1 is 1.70 bits per heavy atom. The number of Topliss-reactive ketones (excluding diaryl/α,β-unsaturated/α-hetero) is 1. The number of aliphatic hydroxyl groups excluding tert-OH is 2. The van der Waals surface area contributed by atoms with Crippen LogP contribution in [0.25, 0.3) is 0 Å². The summed E-state index contributed by atoms with van der Waals surface area (Å²) in [6, 6.07) is 0. The van der Waals surface area contributed by atoms with Gasteiger partial charge in [-0.2, -0.15) is 0 Å². The second-order valence-corrected chi connectivity index (χ2v) is 2.37. The van der Waals surface area contributed by atoms with Gasteiger partial charge in [-0.15, -0.1) is 0 Å². The van der Waals surface area contributed by atoms with E-state index in [0.29, 0.717) is 6.42 Å². The fourth-order valence-corrected chi connectivity index (χ4v) is 0.981. The van der Waals surface area contributed by atoms with E-state index in [1.54, 1.807) is 12.2 Å². The van der Waals surface area contributed by atoms with Crippen LogP contribution >= 0.6 is 0 Å². The lowest BCUT2D eigenvalue weighted by Gasteiger charge is -2.16. The average Bonchev–Trinajstić information content (AvgIpc) is 1.95. The van der Waals surface area contributed by atoms with Gasteiger partial charge in [-0.3, -0.25) is 4.79 Å². The first kappa shape index (κ1) is 7.44. The first-order valence-corrected chi connectivity index (χ1v) is 3.25. The van der Waals surface area contributed by atoms with E-state index in [1.807, 2.05) is 0 Å². The van der Waals surface area contributed by atoms with Crippen LogP contribution in [0, 0.1) is 5.92 Å². The van der Waals surface area contributed by atoms with Gasteiger partial charge in [0, 0.05) is 0 Å². The highest BCUT2D eigenvalue weighted by atomic mass is 16.3. The summed E-state index contributed by atoms with van der Waals surface area (Å²) in [5.41, 5.74) is 0. The highest BCUT2D eigenvalue weighted by Crippen LogP contribution is 2.12. The van der Waals surface area contributed by atoms with Crippen LogP contribution in [0.4, 0.5) is 0 Å². The molecular formula is C7H10O3. The molecule has 2 unspecified atom stereocenters. The molecule has 1 aliphatic carbocycles. The zero-order chi connectivity index (χ0) is 7.56. The molecule has 1 aliphatic rings. The summed E-state index contributed by atoms with van der Waals surface area (Å²) >= 11 is 0. The van der Waals surface area contributed by atoms with E-state index in [-0.39, 0.29) is 12.4 Å². The Bertz CT molecular complexity index is 162. The lowest BCUT2D eigenvalue weighted by atomic mass is 9.93. The summed E-state index contributed by atoms with van der Waals surface area (Å²) in [5, 5.41) is 17.6. The van der Waals surface area contributed by atoms with Crippen molar-refractivity contribution in [3.63, 3.8) is 0 Å². The molecule has 2 N–H and O–H groups in total. The first-order chi connectivity index (χ1) is 4.75. The summed E-state index contributed by atoms with van der Waals surface area (Å²) in [5.74, 6) is -0.756. The SMILES string of the molecule is O=C1C(O)CC=CC1CO. The molecule has 0 saturated heterocycles. The van der Waals surface area contributed by atoms with Crippen molar-refractivity contribution in [2.75, 3.05) is 6.61 Å². The van der Waals surface area contributed by atoms with Gasteiger partial charge in [0.05, 0.1) is 12.5 Å². The van der Waals surface area contributed by atoms with E-state index in [2.05, 4.69) is 0 Å². The van der Waals surface area contributed by atoms with Gasteiger partial charge < -0.3 is 10.2 Å². The third kappa shape index (κ3) is 1.25. The van der Waals surface area contributed by atoms with Crippen molar-refractivity contribution >= 4 is 5.78 Å². The van der Waals surface area contributed by atoms with Crippen molar-refractivity contribution in [1.29, 1.82) is 0 Å². The monoisotopic (exact) mass is 142 g/mol. The lowest BCUT2D eigenvalue weighted by molar-refractivity contribution is -0.131. The molecule has 0 spiro atoms. The quantitative estimate of drug-likeness (QED) is 0.484. The molecule has 3 nitrogen and oxygen atoms in total. The maximum Gasteiger partial charge on any atom is 0.170 e. The molecule has 56 valence electrons. The molecule has 1 rings (SSSR count). The van der Waals surface area contributed by atoms with E-state index in [4.69, 9.17) is 10.2 Å². The fraction of sp³-hybridized carbons (Fsp3) is 0.571. The summed E-state index contributed by atoms with van der Waals surface area (Å²) < 4.78 is 0. The smallest absolute Gasteiger partial charge is 0.170 e. The second kappa shape index (κ2) is 2.94. The van der Waals surface area contributed by atoms with Crippen molar-refractivity contribution in [2.24, 2.45) is 5.92 Å². The molecule has 0 fully saturated rings. The van der Waals surface area contributed by atoms with E-state index >= 15 is 0 Å². The Labute approximate surface area is 59.0 Å². The predicted octanol–water partition coefficient (Wildman–Crippen LogP) is -0.515. The molecule has 0 amide bonds. The molecule has 10 heavy (non-hydrogen) atoms. The molecule has 0 radical (unpaired) electrons. The minimum absolute atomic E-state index is 0.202. The molecule has 0 aromatic rings. The average molecular weight is 142 g/mol. The van der Waals surface area contributed by atoms with Gasteiger partial charge in [-0.1, -0.05) is 12.2 Å². The van der Waals surface area contributed by atoms with E-state index in [9.17, 15) is 4.79 Å². The van der Waals surface area contributed by atoms with Crippen molar-refractivity contribution in [3.05, 3.63) is 12.2 Å². The molecule has 0 bridgehead atoms. The normalized spacial score (nSPS) is 32.8. The topological polar surface area (TPSA) is 57.5 Å². The molecule has 0 aromatic heterocycles. The molecule has 0 saturated carbocycles. The van der Waals surface area contributed by atoms with Crippen molar-refractivity contribution in [2.45, 2.75) is 12.5 Å². The van der Waals surface area contributed by atoms with Crippen molar-refractivity contribution in [1.82, 2.24) is 0 Å². The van der Waals surface area contributed by atoms with Gasteiger partial charge in [0.2, 0.25) is 0 Å². The van der Waals surface area contributed by atoms with Gasteiger partial charge in [-0.25, -0.2) is 0 Å². The van der Waals surface area contributed by atoms with Gasteiger partial charge in [0.25, 0.3) is 0 Å². The predicted molar refractivity (Wildman–Crippen MR) is 35.3 cm³/mol. The van der Waals surface area contributed by atoms with Crippen molar-refractivity contribution in [3.8, 4) is 0 Å². The molecule has 0 aliphatic heterocycles. The minimum atomic E-state index is -0.901. The lowest BCUT2D eigenvalue weighted by Crippen LogP contribution is -2.31. The Kier molecular flexibility index (Phi) is 2.19. The van der Waals surface area contributed by atoms with Gasteiger partial charge in [0.1, 0.15) is 6.10 Å². The number of carbonyl (C=O) groups is 1. The van der Waals surface area contributed by atoms with Crippen LogP contribution in [0.5, 0.6) is 0 Å². The summed E-state index contributed by atoms with van der Waals surface area (Å²) in [6.07, 6.45) is 2.83. The molecule has 3 heteroatoms. The van der Waals surface area contributed by atoms with Gasteiger partial charge in [-0.05, 0) is 6.42 Å². The summed E-state index contributed by atoms with van der Waals surface area (Å²) in [7, 11) is 0. The number of ketones is 1. The maximum atomic E-state index is 10.9. The third-order valence-corrected chi connectivity index (χ3v) is 1.62. The van der Waals surface area contributed by atoms with E-state index in [0.717, 1.165) is 0 Å². The fourth-order valence-electron chi connectivity index (χ4n) is 0.981. The molecule has 0 heterocycles. The van der Waals surface area contributed by atoms with Crippen LogP contribution in [-0.4, -0.2) is 28.7 Å². The maximum absolute atomic E-state index is 10.9. The molecule has 2 atom stereocenters. The van der Waals surface area contributed by atoms with Crippen LogP contribution in [0.15, 0.2) is 12.2 Å². The summed E-state index contributed by atoms with van der Waals surface area (Å²) in [6.45, 7) is -0.202. The highest BCUT2D eigenvalue weighted by Gasteiger charge is 2.24. The molecular weight excluding hydrogens is 132 g/mol. The Morgan fingerprint density at radius 2 is 2.40 bits per heavy atom. The standard InChI is InChI=1S/C7H10O3/c8-4-5-2-1-3-6(9)7(5)10/h1-2,5-6,8-9H,3-4H2. The van der Waals surface area contributed by atoms with Crippen molar-refractivity contribution < 1.29 is 15.0 Å². The summed E-state index contributed by atoms with van der Waals surface area (Å²) in [4.78, 5) is 10.9. The Hall–Kier alpha value is -0.670. The number of hydrogen-bond donors (Lipinski definition) is 2. The number of hydrogen-bond acceptors (Lipinski definition) is 3. The van der Waals surface area contributed by atoms with E-state index in [1.165, 1.54) is 0 Å². The zero-order valence-electron chi connectivity index (χ0n) is 5.53. The largest absolute Gasteiger partial charge is 0.395 e. The van der Waals surface area contributed by atoms with Gasteiger partial charge >= 0.3 is 0 Å². The second-order valence-electron chi connectivity index (χ2n) is 2.37. The van der Waals surface area contributed by atoms with E-state index < -0.39 is 12.0 Å². The first-order valence-electron chi connectivity index (χ1n) is 3.25. The molecule has 0 aromatic carbocycles. The minimum Gasteiger partial charge on any atom is -0.395 e. The Balaban J connectivity index is 2.66. The Morgan fingerprint density at radius 3 is 2.90 bits per heavy atom. The van der Waals surface area contributed by atoms with Crippen LogP contribution in [0.1, 0.15) is 6.42 Å². The van der Waals surface area contributed by atoms with Crippen LogP contribution < -0.4 is 0 Å². The zero-order valence-corrected chi connectivity index (χ0v) is 5.53. The number of aliphatic hydroxyl groups is 2. The number of rotatable bonds is 1. The van der Waals surface area contributed by atoms with Crippen LogP contribution in [0.3, 0.4) is 0 Å². The highest BCUT2D eigenvalue weighted by molar-refractivity contribution is 5.87. The van der Waals surface area contributed by atoms with Crippen LogP contribution in [-0.2, 0) is 4.79 Å². The third-order valence-electron chi connectivity index (χ3n) is 1.62. The van der Waals surface area contributed by atoms with Gasteiger partial charge in [0.15, 0.2) is 5.78 Å². The number of carbonyl (C=O) groups excluding carboxylic acids is 1. The van der Waals surface area contributed by atoms with Crippen LogP contribution in [0.2, 0.25) is 0 Å².